The van der Waals surface area contributed by atoms with E-state index in [0.29, 0.717) is 17.0 Å². The lowest BCUT2D eigenvalue weighted by molar-refractivity contribution is -0.136. The van der Waals surface area contributed by atoms with Crippen molar-refractivity contribution in [1.29, 1.82) is 0 Å². The minimum atomic E-state index is -0.992. The van der Waals surface area contributed by atoms with Crippen molar-refractivity contribution < 1.29 is 19.1 Å². The van der Waals surface area contributed by atoms with Crippen molar-refractivity contribution in [2.24, 2.45) is 11.8 Å². The molecule has 0 saturated heterocycles. The van der Waals surface area contributed by atoms with Crippen LogP contribution in [0.15, 0.2) is 10.7 Å². The number of amides is 1. The molecule has 0 aromatic carbocycles. The Balaban J connectivity index is 1.73. The second kappa shape index (κ2) is 4.96. The zero-order valence-electron chi connectivity index (χ0n) is 11.5. The van der Waals surface area contributed by atoms with E-state index in [-0.39, 0.29) is 24.1 Å². The largest absolute Gasteiger partial charge is 0.481 e. The van der Waals surface area contributed by atoms with E-state index in [1.165, 1.54) is 25.5 Å². The Labute approximate surface area is 117 Å². The highest BCUT2D eigenvalue weighted by Crippen LogP contribution is 2.44. The highest BCUT2D eigenvalue weighted by atomic mass is 16.4. The van der Waals surface area contributed by atoms with E-state index in [1.807, 2.05) is 0 Å². The third-order valence-electron chi connectivity index (χ3n) is 4.64. The van der Waals surface area contributed by atoms with Crippen LogP contribution in [0.5, 0.6) is 0 Å². The first-order chi connectivity index (χ1) is 9.54. The lowest BCUT2D eigenvalue weighted by Crippen LogP contribution is -2.39. The molecule has 2 N–H and O–H groups in total. The molecule has 5 nitrogen and oxygen atoms in total. The summed E-state index contributed by atoms with van der Waals surface area (Å²) in [5.74, 6) is 0.419. The number of carboxylic acid groups (broad SMARTS) is 1. The molecule has 1 aromatic rings. The Bertz CT molecular complexity index is 548. The molecule has 1 aromatic heterocycles. The van der Waals surface area contributed by atoms with Crippen molar-refractivity contribution in [3.63, 3.8) is 0 Å². The fraction of sp³-hybridized carbons (Fsp3) is 0.600. The molecule has 1 amide bonds. The minimum absolute atomic E-state index is 0.190. The maximum Gasteiger partial charge on any atom is 0.311 e. The van der Waals surface area contributed by atoms with E-state index in [0.717, 1.165) is 12.3 Å². The topological polar surface area (TPSA) is 79.5 Å². The van der Waals surface area contributed by atoms with E-state index < -0.39 is 5.97 Å². The zero-order chi connectivity index (χ0) is 14.3. The number of rotatable bonds is 4. The first-order valence-electron chi connectivity index (χ1n) is 7.14. The molecule has 3 rings (SSSR count). The third-order valence-corrected chi connectivity index (χ3v) is 4.64. The van der Waals surface area contributed by atoms with Crippen LogP contribution in [0.4, 0.5) is 0 Å². The molecule has 20 heavy (non-hydrogen) atoms. The van der Waals surface area contributed by atoms with E-state index in [9.17, 15) is 9.59 Å². The molecule has 0 radical (unpaired) electrons. The molecule has 0 aliphatic heterocycles. The molecular formula is C15H19NO4. The van der Waals surface area contributed by atoms with Crippen molar-refractivity contribution in [2.75, 3.05) is 0 Å². The van der Waals surface area contributed by atoms with Crippen LogP contribution < -0.4 is 5.32 Å². The number of aryl methyl sites for hydroxylation is 1. The van der Waals surface area contributed by atoms with Crippen LogP contribution in [0.25, 0.3) is 0 Å². The summed E-state index contributed by atoms with van der Waals surface area (Å²) in [4.78, 5) is 23.2. The normalized spacial score (nSPS) is 27.8. The van der Waals surface area contributed by atoms with Gasteiger partial charge in [-0.3, -0.25) is 9.59 Å². The van der Waals surface area contributed by atoms with Crippen molar-refractivity contribution >= 4 is 11.9 Å². The van der Waals surface area contributed by atoms with E-state index in [4.69, 9.17) is 9.52 Å². The minimum Gasteiger partial charge on any atom is -0.481 e. The summed E-state index contributed by atoms with van der Waals surface area (Å²) in [6.07, 6.45) is 5.95. The molecule has 1 heterocycles. The lowest BCUT2D eigenvalue weighted by atomic mass is 9.95. The summed E-state index contributed by atoms with van der Waals surface area (Å²) in [5.41, 5.74) is 1.09. The quantitative estimate of drug-likeness (QED) is 0.883. The van der Waals surface area contributed by atoms with Crippen LogP contribution in [0.1, 0.15) is 47.4 Å². The van der Waals surface area contributed by atoms with Gasteiger partial charge in [-0.25, -0.2) is 0 Å². The average Bonchev–Trinajstić information content (AvgIpc) is 3.04. The molecule has 2 fully saturated rings. The van der Waals surface area contributed by atoms with Crippen LogP contribution in [-0.2, 0) is 11.2 Å². The number of hydrogen-bond donors (Lipinski definition) is 2. The molecule has 2 aliphatic rings. The van der Waals surface area contributed by atoms with Gasteiger partial charge in [-0.1, -0.05) is 6.42 Å². The lowest BCUT2D eigenvalue weighted by Gasteiger charge is -2.23. The van der Waals surface area contributed by atoms with Crippen molar-refractivity contribution in [3.05, 3.63) is 23.2 Å². The number of carbonyl (C=O) groups is 2. The summed E-state index contributed by atoms with van der Waals surface area (Å²) in [7, 11) is 0. The van der Waals surface area contributed by atoms with Crippen molar-refractivity contribution in [1.82, 2.24) is 5.32 Å². The van der Waals surface area contributed by atoms with Gasteiger partial charge in [0.1, 0.15) is 12.2 Å². The maximum absolute atomic E-state index is 12.4. The van der Waals surface area contributed by atoms with Gasteiger partial charge >= 0.3 is 5.97 Å². The van der Waals surface area contributed by atoms with Gasteiger partial charge < -0.3 is 14.8 Å². The van der Waals surface area contributed by atoms with E-state index >= 15 is 0 Å². The first kappa shape index (κ1) is 13.2. The predicted molar refractivity (Wildman–Crippen MR) is 71.5 cm³/mol. The van der Waals surface area contributed by atoms with E-state index in [1.54, 1.807) is 6.92 Å². The van der Waals surface area contributed by atoms with Crippen molar-refractivity contribution in [2.45, 2.75) is 45.1 Å². The van der Waals surface area contributed by atoms with Gasteiger partial charge in [0.15, 0.2) is 0 Å². The first-order valence-corrected chi connectivity index (χ1v) is 7.14. The van der Waals surface area contributed by atoms with Crippen molar-refractivity contribution in [3.8, 4) is 0 Å². The summed E-state index contributed by atoms with van der Waals surface area (Å²) in [6.45, 7) is 1.77. The zero-order valence-corrected chi connectivity index (χ0v) is 11.5. The fourth-order valence-electron chi connectivity index (χ4n) is 3.73. The SMILES string of the molecule is Cc1coc(CC(=O)O)c1C(=O)NC1CC2CCC1C2. The highest BCUT2D eigenvalue weighted by Gasteiger charge is 2.40. The molecule has 3 unspecified atom stereocenters. The smallest absolute Gasteiger partial charge is 0.311 e. The maximum atomic E-state index is 12.4. The van der Waals surface area contributed by atoms with Crippen LogP contribution in [0, 0.1) is 18.8 Å². The highest BCUT2D eigenvalue weighted by molar-refractivity contribution is 5.97. The van der Waals surface area contributed by atoms with Crippen LogP contribution >= 0.6 is 0 Å². The van der Waals surface area contributed by atoms with E-state index in [2.05, 4.69) is 5.32 Å². The summed E-state index contributed by atoms with van der Waals surface area (Å²) in [5, 5.41) is 11.9. The summed E-state index contributed by atoms with van der Waals surface area (Å²) >= 11 is 0. The molecular weight excluding hydrogens is 258 g/mol. The molecule has 108 valence electrons. The number of nitrogens with one attached hydrogen (secondary N) is 1. The second-order valence-corrected chi connectivity index (χ2v) is 6.04. The molecule has 0 spiro atoms. The summed E-state index contributed by atoms with van der Waals surface area (Å²) < 4.78 is 5.21. The Kier molecular flexibility index (Phi) is 3.28. The number of hydrogen-bond acceptors (Lipinski definition) is 3. The van der Waals surface area contributed by atoms with Gasteiger partial charge in [0.2, 0.25) is 0 Å². The molecule has 3 atom stereocenters. The number of carbonyl (C=O) groups excluding carboxylic acids is 1. The number of furan rings is 1. The Morgan fingerprint density at radius 3 is 2.80 bits per heavy atom. The second-order valence-electron chi connectivity index (χ2n) is 6.04. The summed E-state index contributed by atoms with van der Waals surface area (Å²) in [6, 6.07) is 0.244. The van der Waals surface area contributed by atoms with Gasteiger partial charge in [-0.15, -0.1) is 0 Å². The van der Waals surface area contributed by atoms with Gasteiger partial charge in [-0.05, 0) is 38.0 Å². The predicted octanol–water partition coefficient (Wildman–Crippen LogP) is 2.13. The fourth-order valence-corrected chi connectivity index (χ4v) is 3.73. The standard InChI is InChI=1S/C15H19NO4/c1-8-7-20-12(6-13(17)18)14(8)15(19)16-11-5-9-2-3-10(11)4-9/h7,9-11H,2-6H2,1H3,(H,16,19)(H,17,18). The van der Waals surface area contributed by atoms with Crippen LogP contribution in [0.3, 0.4) is 0 Å². The monoisotopic (exact) mass is 277 g/mol. The van der Waals surface area contributed by atoms with Gasteiger partial charge in [0, 0.05) is 11.6 Å². The number of fused-ring (bicyclic) bond motifs is 2. The average molecular weight is 277 g/mol. The molecule has 5 heteroatoms. The number of carboxylic acids is 1. The Morgan fingerprint density at radius 1 is 1.40 bits per heavy atom. The third kappa shape index (κ3) is 2.32. The van der Waals surface area contributed by atoms with Gasteiger partial charge in [0.05, 0.1) is 11.8 Å². The number of aliphatic carboxylic acids is 1. The van der Waals surface area contributed by atoms with Crippen LogP contribution in [-0.4, -0.2) is 23.0 Å². The molecule has 2 aliphatic carbocycles. The molecule has 2 saturated carbocycles. The van der Waals surface area contributed by atoms with Crippen LogP contribution in [0.2, 0.25) is 0 Å². The molecule has 2 bridgehead atoms. The Hall–Kier alpha value is -1.78. The van der Waals surface area contributed by atoms with Gasteiger partial charge in [-0.2, -0.15) is 0 Å². The Morgan fingerprint density at radius 2 is 2.20 bits per heavy atom. The van der Waals surface area contributed by atoms with Gasteiger partial charge in [0.25, 0.3) is 5.91 Å².